The second kappa shape index (κ2) is 4.20. The van der Waals surface area contributed by atoms with Crippen LogP contribution in [0.2, 0.25) is 0 Å². The van der Waals surface area contributed by atoms with E-state index in [0.717, 1.165) is 11.1 Å². The lowest BCUT2D eigenvalue weighted by Gasteiger charge is -2.21. The number of piperidine rings is 1. The average molecular weight is 308 g/mol. The van der Waals surface area contributed by atoms with Gasteiger partial charge in [0.05, 0.1) is 17.6 Å². The molecule has 1 aliphatic heterocycles. The molecule has 0 aromatic carbocycles. The lowest BCUT2D eigenvalue weighted by molar-refractivity contribution is -0.134. The fourth-order valence-electron chi connectivity index (χ4n) is 2.19. The summed E-state index contributed by atoms with van der Waals surface area (Å²) in [5, 5.41) is 2.37. The van der Waals surface area contributed by atoms with Crippen LogP contribution >= 0.6 is 15.9 Å². The van der Waals surface area contributed by atoms with Gasteiger partial charge in [-0.05, 0) is 34.0 Å². The van der Waals surface area contributed by atoms with Crippen molar-refractivity contribution in [2.75, 3.05) is 0 Å². The number of carbonyl (C=O) groups excluding carboxylic acids is 2. The summed E-state index contributed by atoms with van der Waals surface area (Å²) in [4.78, 5) is 27.1. The summed E-state index contributed by atoms with van der Waals surface area (Å²) >= 11 is 3.35. The number of carbonyl (C=O) groups is 2. The molecule has 1 saturated heterocycles. The van der Waals surface area contributed by atoms with E-state index in [1.807, 2.05) is 22.7 Å². The molecule has 0 radical (unpaired) electrons. The Bertz CT molecular complexity index is 650. The molecular weight excluding hydrogens is 298 g/mol. The number of hydrogen-bond donors (Lipinski definition) is 1. The van der Waals surface area contributed by atoms with E-state index >= 15 is 0 Å². The zero-order valence-electron chi connectivity index (χ0n) is 9.39. The molecule has 5 nitrogen and oxygen atoms in total. The molecule has 3 rings (SSSR count). The largest absolute Gasteiger partial charge is 0.296 e. The van der Waals surface area contributed by atoms with Crippen LogP contribution in [0.25, 0.3) is 5.52 Å². The smallest absolute Gasteiger partial charge is 0.234 e. The molecule has 2 aromatic rings. The van der Waals surface area contributed by atoms with E-state index in [1.54, 1.807) is 6.20 Å². The minimum Gasteiger partial charge on any atom is -0.296 e. The van der Waals surface area contributed by atoms with Gasteiger partial charge in [0.1, 0.15) is 0 Å². The number of halogens is 1. The average Bonchev–Trinajstić information content (AvgIpc) is 2.71. The Kier molecular flexibility index (Phi) is 2.66. The molecule has 1 atom stereocenters. The first-order valence-electron chi connectivity index (χ1n) is 5.61. The molecule has 0 bridgehead atoms. The van der Waals surface area contributed by atoms with Crippen molar-refractivity contribution < 1.29 is 9.59 Å². The number of pyridine rings is 1. The normalized spacial score (nSPS) is 20.2. The summed E-state index contributed by atoms with van der Waals surface area (Å²) in [5.74, 6) is -0.677. The predicted molar refractivity (Wildman–Crippen MR) is 68.0 cm³/mol. The van der Waals surface area contributed by atoms with E-state index in [4.69, 9.17) is 0 Å². The lowest BCUT2D eigenvalue weighted by Crippen LogP contribution is -2.39. The summed E-state index contributed by atoms with van der Waals surface area (Å²) in [5.41, 5.74) is 1.85. The van der Waals surface area contributed by atoms with E-state index in [0.29, 0.717) is 17.6 Å². The van der Waals surface area contributed by atoms with Gasteiger partial charge in [-0.3, -0.25) is 19.3 Å². The zero-order chi connectivity index (χ0) is 12.7. The summed E-state index contributed by atoms with van der Waals surface area (Å²) in [6.07, 6.45) is 4.58. The van der Waals surface area contributed by atoms with Crippen molar-refractivity contribution in [2.45, 2.75) is 18.8 Å². The Balaban J connectivity index is 2.01. The zero-order valence-corrected chi connectivity index (χ0v) is 11.0. The first-order valence-corrected chi connectivity index (χ1v) is 6.40. The highest BCUT2D eigenvalue weighted by Gasteiger charge is 2.28. The van der Waals surface area contributed by atoms with Crippen molar-refractivity contribution in [3.63, 3.8) is 0 Å². The molecule has 3 heterocycles. The van der Waals surface area contributed by atoms with Crippen molar-refractivity contribution in [2.24, 2.45) is 0 Å². The van der Waals surface area contributed by atoms with E-state index in [-0.39, 0.29) is 17.7 Å². The van der Waals surface area contributed by atoms with Gasteiger partial charge in [0, 0.05) is 12.6 Å². The maximum absolute atomic E-state index is 11.8. The maximum atomic E-state index is 11.8. The topological polar surface area (TPSA) is 63.5 Å². The van der Waals surface area contributed by atoms with Gasteiger partial charge in [-0.1, -0.05) is 6.07 Å². The summed E-state index contributed by atoms with van der Waals surface area (Å²) < 4.78 is 2.57. The third-order valence-electron chi connectivity index (χ3n) is 3.15. The molecule has 1 unspecified atom stereocenters. The highest BCUT2D eigenvalue weighted by Crippen LogP contribution is 2.26. The molecule has 2 amide bonds. The van der Waals surface area contributed by atoms with Gasteiger partial charge in [-0.15, -0.1) is 0 Å². The van der Waals surface area contributed by atoms with Crippen LogP contribution < -0.4 is 5.32 Å². The quantitative estimate of drug-likeness (QED) is 0.814. The number of hydrogen-bond acceptors (Lipinski definition) is 3. The van der Waals surface area contributed by atoms with Gasteiger partial charge >= 0.3 is 0 Å². The van der Waals surface area contributed by atoms with Crippen LogP contribution in [-0.4, -0.2) is 21.2 Å². The van der Waals surface area contributed by atoms with Crippen LogP contribution in [0.5, 0.6) is 0 Å². The molecule has 2 aromatic heterocycles. The highest BCUT2D eigenvalue weighted by atomic mass is 79.9. The molecule has 18 heavy (non-hydrogen) atoms. The Hall–Kier alpha value is -1.69. The number of fused-ring (bicyclic) bond motifs is 1. The SMILES string of the molecule is O=C1CCC(c2ccc3cnc(Br)n3c2)C(=O)N1. The van der Waals surface area contributed by atoms with Gasteiger partial charge in [0.25, 0.3) is 0 Å². The summed E-state index contributed by atoms with van der Waals surface area (Å²) in [6, 6.07) is 3.82. The number of nitrogens with zero attached hydrogens (tertiary/aromatic N) is 2. The Labute approximate surface area is 111 Å². The first kappa shape index (κ1) is 11.4. The van der Waals surface area contributed by atoms with Crippen molar-refractivity contribution in [1.82, 2.24) is 14.7 Å². The second-order valence-electron chi connectivity index (χ2n) is 4.29. The Morgan fingerprint density at radius 3 is 3.00 bits per heavy atom. The number of imide groups is 1. The minimum atomic E-state index is -0.263. The van der Waals surface area contributed by atoms with Gasteiger partial charge < -0.3 is 0 Å². The van der Waals surface area contributed by atoms with Crippen LogP contribution in [-0.2, 0) is 9.59 Å². The first-order chi connectivity index (χ1) is 8.65. The number of amides is 2. The van der Waals surface area contributed by atoms with Crippen LogP contribution in [0.4, 0.5) is 0 Å². The van der Waals surface area contributed by atoms with E-state index in [1.165, 1.54) is 0 Å². The van der Waals surface area contributed by atoms with E-state index in [2.05, 4.69) is 26.2 Å². The fourth-order valence-corrected chi connectivity index (χ4v) is 2.60. The monoisotopic (exact) mass is 307 g/mol. The van der Waals surface area contributed by atoms with Gasteiger partial charge in [0.2, 0.25) is 11.8 Å². The Morgan fingerprint density at radius 2 is 2.22 bits per heavy atom. The van der Waals surface area contributed by atoms with E-state index in [9.17, 15) is 9.59 Å². The predicted octanol–water partition coefficient (Wildman–Crippen LogP) is 1.62. The number of imidazole rings is 1. The highest BCUT2D eigenvalue weighted by molar-refractivity contribution is 9.10. The van der Waals surface area contributed by atoms with Gasteiger partial charge in [0.15, 0.2) is 4.73 Å². The van der Waals surface area contributed by atoms with Crippen LogP contribution in [0.15, 0.2) is 29.3 Å². The van der Waals surface area contributed by atoms with Gasteiger partial charge in [-0.2, -0.15) is 0 Å². The molecule has 1 aliphatic rings. The molecule has 0 saturated carbocycles. The molecular formula is C12H10BrN3O2. The number of aromatic nitrogens is 2. The van der Waals surface area contributed by atoms with Crippen molar-refractivity contribution in [3.05, 3.63) is 34.8 Å². The third kappa shape index (κ3) is 1.82. The van der Waals surface area contributed by atoms with Gasteiger partial charge in [-0.25, -0.2) is 4.98 Å². The molecule has 1 N–H and O–H groups in total. The van der Waals surface area contributed by atoms with Crippen molar-refractivity contribution in [3.8, 4) is 0 Å². The fraction of sp³-hybridized carbons (Fsp3) is 0.250. The summed E-state index contributed by atoms with van der Waals surface area (Å²) in [6.45, 7) is 0. The lowest BCUT2D eigenvalue weighted by atomic mass is 9.91. The molecule has 0 aliphatic carbocycles. The van der Waals surface area contributed by atoms with Crippen LogP contribution in [0.1, 0.15) is 24.3 Å². The third-order valence-corrected chi connectivity index (χ3v) is 3.73. The van der Waals surface area contributed by atoms with Crippen LogP contribution in [0.3, 0.4) is 0 Å². The molecule has 0 spiro atoms. The van der Waals surface area contributed by atoms with Crippen molar-refractivity contribution >= 4 is 33.3 Å². The minimum absolute atomic E-state index is 0.193. The summed E-state index contributed by atoms with van der Waals surface area (Å²) in [7, 11) is 0. The van der Waals surface area contributed by atoms with E-state index < -0.39 is 0 Å². The maximum Gasteiger partial charge on any atom is 0.234 e. The van der Waals surface area contributed by atoms with Crippen molar-refractivity contribution in [1.29, 1.82) is 0 Å². The second-order valence-corrected chi connectivity index (χ2v) is 5.00. The van der Waals surface area contributed by atoms with Crippen LogP contribution in [0, 0.1) is 0 Å². The molecule has 92 valence electrons. The molecule has 6 heteroatoms. The number of rotatable bonds is 1. The standard InChI is InChI=1S/C12H10BrN3O2/c13-12-14-5-8-2-1-7(6-16(8)12)9-3-4-10(17)15-11(9)18/h1-2,5-6,9H,3-4H2,(H,15,17,18). The number of nitrogens with one attached hydrogen (secondary N) is 1. The Morgan fingerprint density at radius 1 is 1.39 bits per heavy atom. The molecule has 1 fully saturated rings.